The highest BCUT2D eigenvalue weighted by atomic mass is 16.2. The average molecular weight is 323 g/mol. The van der Waals surface area contributed by atoms with E-state index in [1.165, 1.54) is 0 Å². The lowest BCUT2D eigenvalue weighted by Gasteiger charge is -2.27. The molecule has 24 heavy (non-hydrogen) atoms. The Labute approximate surface area is 140 Å². The first-order chi connectivity index (χ1) is 11.6. The molecule has 1 N–H and O–H groups in total. The smallest absolute Gasteiger partial charge is 0.254 e. The number of H-pyrrole nitrogens is 1. The van der Waals surface area contributed by atoms with Crippen molar-refractivity contribution in [2.45, 2.75) is 19.6 Å². The first kappa shape index (κ1) is 15.0. The van der Waals surface area contributed by atoms with Crippen molar-refractivity contribution in [2.24, 2.45) is 0 Å². The van der Waals surface area contributed by atoms with E-state index in [0.717, 1.165) is 47.6 Å². The van der Waals surface area contributed by atoms with E-state index in [1.54, 1.807) is 0 Å². The minimum absolute atomic E-state index is 0.0708. The summed E-state index contributed by atoms with van der Waals surface area (Å²) in [4.78, 5) is 24.7. The third kappa shape index (κ3) is 2.69. The maximum absolute atomic E-state index is 12.8. The lowest BCUT2D eigenvalue weighted by Crippen LogP contribution is -2.38. The van der Waals surface area contributed by atoms with Crippen LogP contribution in [-0.2, 0) is 19.6 Å². The van der Waals surface area contributed by atoms with Gasteiger partial charge in [0.1, 0.15) is 5.82 Å². The summed E-state index contributed by atoms with van der Waals surface area (Å²) in [5.74, 6) is 1.04. The van der Waals surface area contributed by atoms with Crippen molar-refractivity contribution in [1.82, 2.24) is 24.3 Å². The third-order valence-corrected chi connectivity index (χ3v) is 4.42. The van der Waals surface area contributed by atoms with Crippen LogP contribution >= 0.6 is 0 Å². The molecule has 0 unspecified atom stereocenters. The second kappa shape index (κ2) is 5.79. The van der Waals surface area contributed by atoms with Crippen LogP contribution in [0.25, 0.3) is 10.9 Å². The second-order valence-electron chi connectivity index (χ2n) is 6.59. The number of aromatic amines is 1. The SMILES string of the molecule is CN(C)Cc1cn2c(n1)CN(C(=O)c1ccc3[nH]ccc3c1)CC2. The number of nitrogens with zero attached hydrogens (tertiary/aromatic N) is 4. The normalized spacial score (nSPS) is 14.4. The van der Waals surface area contributed by atoms with Gasteiger partial charge >= 0.3 is 0 Å². The number of amides is 1. The lowest BCUT2D eigenvalue weighted by molar-refractivity contribution is 0.0707. The second-order valence-corrected chi connectivity index (χ2v) is 6.59. The predicted molar refractivity (Wildman–Crippen MR) is 92.7 cm³/mol. The number of nitrogens with one attached hydrogen (secondary N) is 1. The van der Waals surface area contributed by atoms with Gasteiger partial charge in [0.2, 0.25) is 0 Å². The number of hydrogen-bond acceptors (Lipinski definition) is 3. The Morgan fingerprint density at radius 2 is 2.17 bits per heavy atom. The number of carbonyl (C=O) groups excluding carboxylic acids is 1. The molecule has 0 atom stereocenters. The highest BCUT2D eigenvalue weighted by Gasteiger charge is 2.23. The van der Waals surface area contributed by atoms with Crippen LogP contribution in [0.4, 0.5) is 0 Å². The van der Waals surface area contributed by atoms with E-state index in [2.05, 4.69) is 25.6 Å². The van der Waals surface area contributed by atoms with Gasteiger partial charge in [-0.1, -0.05) is 0 Å². The highest BCUT2D eigenvalue weighted by molar-refractivity contribution is 5.98. The third-order valence-electron chi connectivity index (χ3n) is 4.42. The molecule has 124 valence electrons. The monoisotopic (exact) mass is 323 g/mol. The molecule has 2 aromatic heterocycles. The standard InChI is InChI=1S/C18H21N5O/c1-21(2)10-15-11-22-7-8-23(12-17(22)20-15)18(24)14-3-4-16-13(9-14)5-6-19-16/h3-6,9,11,19H,7-8,10,12H2,1-2H3. The molecule has 0 saturated carbocycles. The zero-order valence-electron chi connectivity index (χ0n) is 14.0. The van der Waals surface area contributed by atoms with Crippen LogP contribution < -0.4 is 0 Å². The Kier molecular flexibility index (Phi) is 3.61. The molecule has 1 aliphatic heterocycles. The summed E-state index contributed by atoms with van der Waals surface area (Å²) in [7, 11) is 4.07. The van der Waals surface area contributed by atoms with Crippen LogP contribution in [-0.4, -0.2) is 50.9 Å². The van der Waals surface area contributed by atoms with Gasteiger partial charge in [0.25, 0.3) is 5.91 Å². The summed E-state index contributed by atoms with van der Waals surface area (Å²) in [6.07, 6.45) is 3.99. The minimum atomic E-state index is 0.0708. The Bertz CT molecular complexity index is 892. The first-order valence-electron chi connectivity index (χ1n) is 8.16. The van der Waals surface area contributed by atoms with Gasteiger partial charge in [-0.05, 0) is 38.4 Å². The number of carbonyl (C=O) groups is 1. The maximum Gasteiger partial charge on any atom is 0.254 e. The van der Waals surface area contributed by atoms with E-state index < -0.39 is 0 Å². The van der Waals surface area contributed by atoms with E-state index in [1.807, 2.05) is 49.5 Å². The van der Waals surface area contributed by atoms with E-state index in [-0.39, 0.29) is 5.91 Å². The van der Waals surface area contributed by atoms with E-state index >= 15 is 0 Å². The van der Waals surface area contributed by atoms with Crippen molar-refractivity contribution in [2.75, 3.05) is 20.6 Å². The van der Waals surface area contributed by atoms with Gasteiger partial charge in [-0.15, -0.1) is 0 Å². The van der Waals surface area contributed by atoms with Crippen molar-refractivity contribution >= 4 is 16.8 Å². The number of aromatic nitrogens is 3. The number of imidazole rings is 1. The van der Waals surface area contributed by atoms with Gasteiger partial charge in [0, 0.05) is 48.5 Å². The summed E-state index contributed by atoms with van der Waals surface area (Å²) >= 11 is 0. The van der Waals surface area contributed by atoms with Crippen LogP contribution in [0, 0.1) is 0 Å². The average Bonchev–Trinajstić information content (AvgIpc) is 3.17. The quantitative estimate of drug-likeness (QED) is 0.803. The van der Waals surface area contributed by atoms with Crippen molar-refractivity contribution < 1.29 is 4.79 Å². The van der Waals surface area contributed by atoms with Crippen LogP contribution in [0.15, 0.2) is 36.7 Å². The summed E-state index contributed by atoms with van der Waals surface area (Å²) in [6, 6.07) is 7.79. The zero-order valence-corrected chi connectivity index (χ0v) is 14.0. The number of rotatable bonds is 3. The molecule has 1 aliphatic rings. The molecule has 3 aromatic rings. The molecule has 0 fully saturated rings. The van der Waals surface area contributed by atoms with Crippen molar-refractivity contribution in [1.29, 1.82) is 0 Å². The number of hydrogen-bond donors (Lipinski definition) is 1. The summed E-state index contributed by atoms with van der Waals surface area (Å²) in [6.45, 7) is 2.90. The molecule has 4 rings (SSSR count). The molecule has 0 aliphatic carbocycles. The Morgan fingerprint density at radius 3 is 3.00 bits per heavy atom. The largest absolute Gasteiger partial charge is 0.361 e. The fraction of sp³-hybridized carbons (Fsp3) is 0.333. The molecule has 6 nitrogen and oxygen atoms in total. The highest BCUT2D eigenvalue weighted by Crippen LogP contribution is 2.19. The zero-order chi connectivity index (χ0) is 16.7. The molecule has 6 heteroatoms. The molecule has 0 spiro atoms. The van der Waals surface area contributed by atoms with Gasteiger partial charge in [-0.2, -0.15) is 0 Å². The molecule has 0 bridgehead atoms. The molecule has 0 saturated heterocycles. The predicted octanol–water partition coefficient (Wildman–Crippen LogP) is 2.08. The van der Waals surface area contributed by atoms with Crippen molar-refractivity contribution in [3.63, 3.8) is 0 Å². The summed E-state index contributed by atoms with van der Waals surface area (Å²) < 4.78 is 2.16. The van der Waals surface area contributed by atoms with Crippen molar-refractivity contribution in [3.05, 3.63) is 53.7 Å². The fourth-order valence-corrected chi connectivity index (χ4v) is 3.25. The number of benzene rings is 1. The topological polar surface area (TPSA) is 57.2 Å². The van der Waals surface area contributed by atoms with Gasteiger partial charge < -0.3 is 19.4 Å². The van der Waals surface area contributed by atoms with Crippen LogP contribution in [0.1, 0.15) is 21.9 Å². The Morgan fingerprint density at radius 1 is 1.29 bits per heavy atom. The summed E-state index contributed by atoms with van der Waals surface area (Å²) in [5.41, 5.74) is 2.84. The molecular formula is C18H21N5O. The van der Waals surface area contributed by atoms with E-state index in [9.17, 15) is 4.79 Å². The van der Waals surface area contributed by atoms with Gasteiger partial charge in [-0.3, -0.25) is 4.79 Å². The van der Waals surface area contributed by atoms with Crippen molar-refractivity contribution in [3.8, 4) is 0 Å². The first-order valence-corrected chi connectivity index (χ1v) is 8.16. The Balaban J connectivity index is 1.54. The van der Waals surface area contributed by atoms with Crippen LogP contribution in [0.5, 0.6) is 0 Å². The van der Waals surface area contributed by atoms with E-state index in [4.69, 9.17) is 0 Å². The molecule has 3 heterocycles. The summed E-state index contributed by atoms with van der Waals surface area (Å²) in [5, 5.41) is 1.06. The van der Waals surface area contributed by atoms with Crippen LogP contribution in [0.2, 0.25) is 0 Å². The van der Waals surface area contributed by atoms with E-state index in [0.29, 0.717) is 6.54 Å². The van der Waals surface area contributed by atoms with Crippen LogP contribution in [0.3, 0.4) is 0 Å². The minimum Gasteiger partial charge on any atom is -0.361 e. The fourth-order valence-electron chi connectivity index (χ4n) is 3.25. The molecule has 1 amide bonds. The lowest BCUT2D eigenvalue weighted by atomic mass is 10.1. The maximum atomic E-state index is 12.8. The van der Waals surface area contributed by atoms with Gasteiger partial charge in [0.05, 0.1) is 12.2 Å². The molecule has 0 radical (unpaired) electrons. The number of fused-ring (bicyclic) bond motifs is 2. The van der Waals surface area contributed by atoms with Gasteiger partial charge in [0.15, 0.2) is 0 Å². The molecule has 1 aromatic carbocycles. The van der Waals surface area contributed by atoms with Gasteiger partial charge in [-0.25, -0.2) is 4.98 Å². The molecular weight excluding hydrogens is 302 g/mol. The Hall–Kier alpha value is -2.60.